The van der Waals surface area contributed by atoms with Gasteiger partial charge in [-0.1, -0.05) is 19.1 Å². The summed E-state index contributed by atoms with van der Waals surface area (Å²) in [5.41, 5.74) is 1.10. The molecule has 0 unspecified atom stereocenters. The molecule has 1 saturated heterocycles. The molecule has 2 aromatic rings. The van der Waals surface area contributed by atoms with Crippen LogP contribution < -0.4 is 0 Å². The zero-order valence-corrected chi connectivity index (χ0v) is 14.7. The number of hydrogen-bond acceptors (Lipinski definition) is 4. The summed E-state index contributed by atoms with van der Waals surface area (Å²) in [7, 11) is 0. The number of benzene rings is 1. The van der Waals surface area contributed by atoms with Gasteiger partial charge in [0.15, 0.2) is 0 Å². The number of halogens is 1. The lowest BCUT2D eigenvalue weighted by atomic mass is 10.2. The van der Waals surface area contributed by atoms with Gasteiger partial charge in [-0.3, -0.25) is 9.69 Å². The molecule has 3 rings (SSSR count). The molecule has 4 nitrogen and oxygen atoms in total. The van der Waals surface area contributed by atoms with Gasteiger partial charge in [-0.25, -0.2) is 9.37 Å². The summed E-state index contributed by atoms with van der Waals surface area (Å²) >= 11 is 1.49. The third kappa shape index (κ3) is 4.19. The van der Waals surface area contributed by atoms with Crippen molar-refractivity contribution in [3.63, 3.8) is 0 Å². The highest BCUT2D eigenvalue weighted by molar-refractivity contribution is 7.13. The molecule has 0 spiro atoms. The largest absolute Gasteiger partial charge is 0.337 e. The van der Waals surface area contributed by atoms with E-state index < -0.39 is 0 Å². The van der Waals surface area contributed by atoms with Gasteiger partial charge in [-0.15, -0.1) is 11.3 Å². The van der Waals surface area contributed by atoms with Crippen molar-refractivity contribution in [1.29, 1.82) is 0 Å². The highest BCUT2D eigenvalue weighted by atomic mass is 32.1. The average Bonchev–Trinajstić information content (AvgIpc) is 2.96. The summed E-state index contributed by atoms with van der Waals surface area (Å²) in [6, 6.07) is 6.65. The van der Waals surface area contributed by atoms with Crippen molar-refractivity contribution in [2.45, 2.75) is 26.3 Å². The van der Waals surface area contributed by atoms with Gasteiger partial charge in [0.2, 0.25) is 0 Å². The number of hydrogen-bond donors (Lipinski definition) is 0. The van der Waals surface area contributed by atoms with Crippen LogP contribution in [-0.2, 0) is 13.0 Å². The van der Waals surface area contributed by atoms with Crippen molar-refractivity contribution in [3.05, 3.63) is 51.7 Å². The van der Waals surface area contributed by atoms with Gasteiger partial charge < -0.3 is 4.90 Å². The zero-order valence-electron chi connectivity index (χ0n) is 13.9. The summed E-state index contributed by atoms with van der Waals surface area (Å²) in [6.07, 6.45) is 3.52. The summed E-state index contributed by atoms with van der Waals surface area (Å²) in [5.74, 6) is -0.113. The molecule has 0 aliphatic carbocycles. The van der Waals surface area contributed by atoms with E-state index in [4.69, 9.17) is 0 Å². The van der Waals surface area contributed by atoms with Crippen LogP contribution in [0.25, 0.3) is 0 Å². The number of aromatic nitrogens is 1. The maximum Gasteiger partial charge on any atom is 0.265 e. The van der Waals surface area contributed by atoms with Crippen molar-refractivity contribution in [3.8, 4) is 0 Å². The number of carbonyl (C=O) groups is 1. The quantitative estimate of drug-likeness (QED) is 0.852. The van der Waals surface area contributed by atoms with Gasteiger partial charge >= 0.3 is 0 Å². The van der Waals surface area contributed by atoms with E-state index in [0.717, 1.165) is 61.0 Å². The van der Waals surface area contributed by atoms with E-state index in [0.29, 0.717) is 0 Å². The fraction of sp³-hybridized carbons (Fsp3) is 0.444. The molecule has 128 valence electrons. The Kier molecular flexibility index (Phi) is 5.58. The highest BCUT2D eigenvalue weighted by Crippen LogP contribution is 2.17. The Balaban J connectivity index is 1.58. The lowest BCUT2D eigenvalue weighted by molar-refractivity contribution is 0.0765. The predicted molar refractivity (Wildman–Crippen MR) is 93.7 cm³/mol. The van der Waals surface area contributed by atoms with E-state index in [2.05, 4.69) is 9.88 Å². The first kappa shape index (κ1) is 17.0. The summed E-state index contributed by atoms with van der Waals surface area (Å²) in [6.45, 7) is 6.12. The summed E-state index contributed by atoms with van der Waals surface area (Å²) < 4.78 is 13.0. The van der Waals surface area contributed by atoms with Gasteiger partial charge in [0.25, 0.3) is 5.91 Å². The first-order valence-corrected chi connectivity index (χ1v) is 9.18. The maximum atomic E-state index is 13.0. The molecular formula is C18H22FN3OS. The molecule has 0 radical (unpaired) electrons. The van der Waals surface area contributed by atoms with Crippen LogP contribution in [0, 0.1) is 5.82 Å². The first-order chi connectivity index (χ1) is 11.7. The Bertz CT molecular complexity index is 686. The minimum absolute atomic E-state index is 0.0934. The second kappa shape index (κ2) is 7.85. The second-order valence-electron chi connectivity index (χ2n) is 6.02. The van der Waals surface area contributed by atoms with Crippen LogP contribution in [0.4, 0.5) is 4.39 Å². The van der Waals surface area contributed by atoms with E-state index >= 15 is 0 Å². The molecule has 6 heteroatoms. The lowest BCUT2D eigenvalue weighted by Crippen LogP contribution is -2.34. The molecule has 1 aliphatic rings. The SMILES string of the molecule is CCc1ncc(C(=O)N2CCCN(Cc3ccc(F)cc3)CC2)s1. The third-order valence-corrected chi connectivity index (χ3v) is 5.39. The summed E-state index contributed by atoms with van der Waals surface area (Å²) in [4.78, 5) is 21.9. The Labute approximate surface area is 145 Å². The summed E-state index contributed by atoms with van der Waals surface area (Å²) in [5, 5.41) is 1.01. The number of rotatable bonds is 4. The topological polar surface area (TPSA) is 36.4 Å². The minimum Gasteiger partial charge on any atom is -0.337 e. The van der Waals surface area contributed by atoms with E-state index in [-0.39, 0.29) is 11.7 Å². The Morgan fingerprint density at radius 3 is 2.71 bits per heavy atom. The van der Waals surface area contributed by atoms with Gasteiger partial charge in [-0.05, 0) is 30.5 Å². The van der Waals surface area contributed by atoms with Crippen LogP contribution in [0.1, 0.15) is 33.6 Å². The monoisotopic (exact) mass is 347 g/mol. The molecule has 1 aromatic carbocycles. The zero-order chi connectivity index (χ0) is 16.9. The van der Waals surface area contributed by atoms with Crippen LogP contribution in [0.3, 0.4) is 0 Å². The van der Waals surface area contributed by atoms with Crippen molar-refractivity contribution in [2.24, 2.45) is 0 Å². The fourth-order valence-electron chi connectivity index (χ4n) is 2.91. The van der Waals surface area contributed by atoms with Crippen molar-refractivity contribution in [2.75, 3.05) is 26.2 Å². The van der Waals surface area contributed by atoms with Crippen molar-refractivity contribution >= 4 is 17.2 Å². The first-order valence-electron chi connectivity index (χ1n) is 8.36. The molecule has 1 amide bonds. The molecule has 1 aliphatic heterocycles. The second-order valence-corrected chi connectivity index (χ2v) is 7.14. The number of nitrogens with zero attached hydrogens (tertiary/aromatic N) is 3. The standard InChI is InChI=1S/C18H22FN3OS/c1-2-17-20-12-16(24-17)18(23)22-9-3-8-21(10-11-22)13-14-4-6-15(19)7-5-14/h4-7,12H,2-3,8-11,13H2,1H3. The third-order valence-electron chi connectivity index (χ3n) is 4.26. The molecular weight excluding hydrogens is 325 g/mol. The predicted octanol–water partition coefficient (Wildman–Crippen LogP) is 3.19. The van der Waals surface area contributed by atoms with E-state index in [1.165, 1.54) is 23.5 Å². The van der Waals surface area contributed by atoms with E-state index in [9.17, 15) is 9.18 Å². The number of carbonyl (C=O) groups excluding carboxylic acids is 1. The molecule has 24 heavy (non-hydrogen) atoms. The number of aryl methyl sites for hydroxylation is 1. The molecule has 2 heterocycles. The van der Waals surface area contributed by atoms with Gasteiger partial charge in [0, 0.05) is 32.7 Å². The van der Waals surface area contributed by atoms with Crippen LogP contribution in [0.2, 0.25) is 0 Å². The fourth-order valence-corrected chi connectivity index (χ4v) is 3.73. The Hall–Kier alpha value is -1.79. The molecule has 0 N–H and O–H groups in total. The normalized spacial score (nSPS) is 16.2. The van der Waals surface area contributed by atoms with E-state index in [1.807, 2.05) is 24.0 Å². The van der Waals surface area contributed by atoms with Crippen LogP contribution in [-0.4, -0.2) is 46.9 Å². The highest BCUT2D eigenvalue weighted by Gasteiger charge is 2.22. The van der Waals surface area contributed by atoms with Crippen LogP contribution in [0.5, 0.6) is 0 Å². The Morgan fingerprint density at radius 1 is 1.21 bits per heavy atom. The van der Waals surface area contributed by atoms with Crippen LogP contribution in [0.15, 0.2) is 30.5 Å². The lowest BCUT2D eigenvalue weighted by Gasteiger charge is -2.21. The molecule has 0 atom stereocenters. The average molecular weight is 347 g/mol. The molecule has 1 aromatic heterocycles. The van der Waals surface area contributed by atoms with Crippen molar-refractivity contribution in [1.82, 2.24) is 14.8 Å². The van der Waals surface area contributed by atoms with Gasteiger partial charge in [0.1, 0.15) is 10.7 Å². The van der Waals surface area contributed by atoms with Crippen LogP contribution >= 0.6 is 11.3 Å². The van der Waals surface area contributed by atoms with E-state index in [1.54, 1.807) is 6.20 Å². The van der Waals surface area contributed by atoms with Gasteiger partial charge in [-0.2, -0.15) is 0 Å². The Morgan fingerprint density at radius 2 is 2.00 bits per heavy atom. The number of thiazole rings is 1. The molecule has 1 fully saturated rings. The number of amides is 1. The molecule has 0 saturated carbocycles. The van der Waals surface area contributed by atoms with Crippen molar-refractivity contribution < 1.29 is 9.18 Å². The van der Waals surface area contributed by atoms with Gasteiger partial charge in [0.05, 0.1) is 11.2 Å². The maximum absolute atomic E-state index is 13.0. The minimum atomic E-state index is -0.206. The smallest absolute Gasteiger partial charge is 0.265 e. The molecule has 0 bridgehead atoms.